The molecule has 0 unspecified atom stereocenters. The van der Waals surface area contributed by atoms with E-state index in [9.17, 15) is 0 Å². The summed E-state index contributed by atoms with van der Waals surface area (Å²) in [6.07, 6.45) is 4.54. The standard InChI is InChI=1S/C12H22N2/c1-12(2,3)14(4)11-7-5-10(9-13)6-8-11/h10-11H,5-8H2,1-4H3. The van der Waals surface area contributed by atoms with Gasteiger partial charge in [0.1, 0.15) is 0 Å². The Morgan fingerprint density at radius 1 is 1.14 bits per heavy atom. The highest BCUT2D eigenvalue weighted by Crippen LogP contribution is 2.29. The van der Waals surface area contributed by atoms with Crippen molar-refractivity contribution in [1.29, 1.82) is 5.26 Å². The van der Waals surface area contributed by atoms with Crippen molar-refractivity contribution in [2.75, 3.05) is 7.05 Å². The SMILES string of the molecule is CN(C1CCC(C#N)CC1)C(C)(C)C. The lowest BCUT2D eigenvalue weighted by molar-refractivity contribution is 0.0851. The van der Waals surface area contributed by atoms with Crippen molar-refractivity contribution < 1.29 is 0 Å². The van der Waals surface area contributed by atoms with E-state index in [1.54, 1.807) is 0 Å². The Morgan fingerprint density at radius 2 is 1.64 bits per heavy atom. The van der Waals surface area contributed by atoms with E-state index >= 15 is 0 Å². The van der Waals surface area contributed by atoms with E-state index in [0.717, 1.165) is 12.8 Å². The summed E-state index contributed by atoms with van der Waals surface area (Å²) in [7, 11) is 2.21. The van der Waals surface area contributed by atoms with Crippen molar-refractivity contribution >= 4 is 0 Å². The zero-order valence-corrected chi connectivity index (χ0v) is 9.88. The first-order valence-electron chi connectivity index (χ1n) is 5.57. The highest BCUT2D eigenvalue weighted by atomic mass is 15.2. The van der Waals surface area contributed by atoms with E-state index in [-0.39, 0.29) is 5.54 Å². The van der Waals surface area contributed by atoms with Crippen LogP contribution in [0.4, 0.5) is 0 Å². The minimum absolute atomic E-state index is 0.254. The second-order valence-corrected chi connectivity index (χ2v) is 5.42. The Kier molecular flexibility index (Phi) is 3.55. The molecule has 0 N–H and O–H groups in total. The zero-order chi connectivity index (χ0) is 10.8. The fraction of sp³-hybridized carbons (Fsp3) is 0.917. The maximum Gasteiger partial charge on any atom is 0.0655 e. The molecule has 14 heavy (non-hydrogen) atoms. The summed E-state index contributed by atoms with van der Waals surface area (Å²) in [4.78, 5) is 2.46. The van der Waals surface area contributed by atoms with Gasteiger partial charge in [-0.3, -0.25) is 4.90 Å². The fourth-order valence-electron chi connectivity index (χ4n) is 2.14. The lowest BCUT2D eigenvalue weighted by Crippen LogP contribution is -2.46. The lowest BCUT2D eigenvalue weighted by Gasteiger charge is -2.41. The second kappa shape index (κ2) is 4.31. The van der Waals surface area contributed by atoms with Crippen LogP contribution >= 0.6 is 0 Å². The third kappa shape index (κ3) is 2.72. The van der Waals surface area contributed by atoms with Crippen LogP contribution in [-0.2, 0) is 0 Å². The van der Waals surface area contributed by atoms with E-state index in [2.05, 4.69) is 38.8 Å². The predicted octanol–water partition coefficient (Wildman–Crippen LogP) is 2.80. The molecule has 2 heteroatoms. The van der Waals surface area contributed by atoms with E-state index in [4.69, 9.17) is 5.26 Å². The summed E-state index contributed by atoms with van der Waals surface area (Å²) in [5.74, 6) is 0.319. The van der Waals surface area contributed by atoms with Gasteiger partial charge in [-0.25, -0.2) is 0 Å². The third-order valence-electron chi connectivity index (χ3n) is 3.49. The number of rotatable bonds is 1. The summed E-state index contributed by atoms with van der Waals surface area (Å²) >= 11 is 0. The molecule has 1 fully saturated rings. The molecule has 1 rings (SSSR count). The molecule has 1 saturated carbocycles. The smallest absolute Gasteiger partial charge is 0.0655 e. The maximum absolute atomic E-state index is 8.81. The van der Waals surface area contributed by atoms with Crippen molar-refractivity contribution in [3.05, 3.63) is 0 Å². The van der Waals surface area contributed by atoms with Gasteiger partial charge in [-0.15, -0.1) is 0 Å². The van der Waals surface area contributed by atoms with Gasteiger partial charge in [-0.1, -0.05) is 0 Å². The van der Waals surface area contributed by atoms with E-state index in [1.165, 1.54) is 12.8 Å². The summed E-state index contributed by atoms with van der Waals surface area (Å²) in [6, 6.07) is 3.06. The molecule has 0 amide bonds. The molecule has 0 radical (unpaired) electrons. The maximum atomic E-state index is 8.81. The van der Waals surface area contributed by atoms with Gasteiger partial charge in [-0.2, -0.15) is 5.26 Å². The molecule has 0 aromatic carbocycles. The van der Waals surface area contributed by atoms with Crippen molar-refractivity contribution in [3.63, 3.8) is 0 Å². The van der Waals surface area contributed by atoms with E-state index < -0.39 is 0 Å². The molecule has 0 aliphatic heterocycles. The van der Waals surface area contributed by atoms with E-state index in [0.29, 0.717) is 12.0 Å². The Hall–Kier alpha value is -0.550. The highest BCUT2D eigenvalue weighted by molar-refractivity contribution is 4.91. The van der Waals surface area contributed by atoms with Gasteiger partial charge in [0.15, 0.2) is 0 Å². The zero-order valence-electron chi connectivity index (χ0n) is 9.88. The van der Waals surface area contributed by atoms with Crippen LogP contribution in [-0.4, -0.2) is 23.5 Å². The number of hydrogen-bond donors (Lipinski definition) is 0. The quantitative estimate of drug-likeness (QED) is 0.642. The van der Waals surface area contributed by atoms with E-state index in [1.807, 2.05) is 0 Å². The predicted molar refractivity (Wildman–Crippen MR) is 58.9 cm³/mol. The van der Waals surface area contributed by atoms with Crippen molar-refractivity contribution in [3.8, 4) is 6.07 Å². The van der Waals surface area contributed by atoms with Crippen LogP contribution in [0.5, 0.6) is 0 Å². The van der Waals surface area contributed by atoms with Gasteiger partial charge in [0, 0.05) is 17.5 Å². The molecule has 1 aliphatic carbocycles. The van der Waals surface area contributed by atoms with Gasteiger partial charge >= 0.3 is 0 Å². The summed E-state index contributed by atoms with van der Waals surface area (Å²) in [5.41, 5.74) is 0.254. The molecule has 0 atom stereocenters. The third-order valence-corrected chi connectivity index (χ3v) is 3.49. The molecule has 2 nitrogen and oxygen atoms in total. The topological polar surface area (TPSA) is 27.0 Å². The highest BCUT2D eigenvalue weighted by Gasteiger charge is 2.29. The monoisotopic (exact) mass is 194 g/mol. The second-order valence-electron chi connectivity index (χ2n) is 5.42. The fourth-order valence-corrected chi connectivity index (χ4v) is 2.14. The van der Waals surface area contributed by atoms with Crippen molar-refractivity contribution in [2.24, 2.45) is 5.92 Å². The van der Waals surface area contributed by atoms with Crippen LogP contribution in [0.3, 0.4) is 0 Å². The molecule has 80 valence electrons. The van der Waals surface area contributed by atoms with Crippen LogP contribution in [0.25, 0.3) is 0 Å². The summed E-state index contributed by atoms with van der Waals surface area (Å²) < 4.78 is 0. The molecular weight excluding hydrogens is 172 g/mol. The average Bonchev–Trinajstić information content (AvgIpc) is 2.15. The first-order valence-corrected chi connectivity index (χ1v) is 5.57. The Balaban J connectivity index is 2.46. The van der Waals surface area contributed by atoms with Crippen LogP contribution < -0.4 is 0 Å². The van der Waals surface area contributed by atoms with Gasteiger partial charge in [-0.05, 0) is 53.5 Å². The minimum atomic E-state index is 0.254. The molecule has 0 aromatic rings. The lowest BCUT2D eigenvalue weighted by atomic mass is 9.85. The molecule has 1 aliphatic rings. The molecule has 0 saturated heterocycles. The van der Waals surface area contributed by atoms with Crippen LogP contribution in [0.1, 0.15) is 46.5 Å². The average molecular weight is 194 g/mol. The number of nitrogens with zero attached hydrogens (tertiary/aromatic N) is 2. The summed E-state index contributed by atoms with van der Waals surface area (Å²) in [5, 5.41) is 8.81. The van der Waals surface area contributed by atoms with Gasteiger partial charge < -0.3 is 0 Å². The van der Waals surface area contributed by atoms with Crippen LogP contribution in [0, 0.1) is 17.2 Å². The molecule has 0 heterocycles. The molecular formula is C12H22N2. The van der Waals surface area contributed by atoms with Crippen molar-refractivity contribution in [1.82, 2.24) is 4.90 Å². The molecule has 0 bridgehead atoms. The minimum Gasteiger partial charge on any atom is -0.299 e. The Bertz CT molecular complexity index is 213. The van der Waals surface area contributed by atoms with Gasteiger partial charge in [0.05, 0.1) is 6.07 Å². The van der Waals surface area contributed by atoms with Gasteiger partial charge in [0.2, 0.25) is 0 Å². The van der Waals surface area contributed by atoms with Gasteiger partial charge in [0.25, 0.3) is 0 Å². The Morgan fingerprint density at radius 3 is 2.00 bits per heavy atom. The molecule has 0 spiro atoms. The normalized spacial score (nSPS) is 28.9. The first-order chi connectivity index (χ1) is 6.45. The van der Waals surface area contributed by atoms with Crippen LogP contribution in [0.15, 0.2) is 0 Å². The number of nitriles is 1. The summed E-state index contributed by atoms with van der Waals surface area (Å²) in [6.45, 7) is 6.76. The Labute approximate surface area is 87.9 Å². The largest absolute Gasteiger partial charge is 0.299 e. The van der Waals surface area contributed by atoms with Crippen molar-refractivity contribution in [2.45, 2.75) is 58.0 Å². The first kappa shape index (κ1) is 11.5. The number of hydrogen-bond acceptors (Lipinski definition) is 2. The van der Waals surface area contributed by atoms with Crippen LogP contribution in [0.2, 0.25) is 0 Å². The molecule has 0 aromatic heterocycles.